The van der Waals surface area contributed by atoms with Crippen LogP contribution < -0.4 is 11.5 Å². The molecule has 0 spiro atoms. The smallest absolute Gasteiger partial charge is 0.335 e. The topological polar surface area (TPSA) is 167 Å². The first kappa shape index (κ1) is 15.3. The van der Waals surface area contributed by atoms with Gasteiger partial charge in [0, 0.05) is 6.17 Å². The first-order chi connectivity index (χ1) is 6.20. The van der Waals surface area contributed by atoms with Crippen molar-refractivity contribution in [2.75, 3.05) is 0 Å². The van der Waals surface area contributed by atoms with Crippen LogP contribution in [-0.2, 0) is 9.59 Å². The molecule has 0 saturated heterocycles. The van der Waals surface area contributed by atoms with Crippen molar-refractivity contribution in [3.8, 4) is 0 Å². The molecule has 0 aromatic rings. The summed E-state index contributed by atoms with van der Waals surface area (Å²) in [6.07, 6.45) is -4.70. The Hall–Kier alpha value is -1.22. The largest absolute Gasteiger partial charge is 0.479 e. The van der Waals surface area contributed by atoms with Gasteiger partial charge in [0.15, 0.2) is 12.2 Å². The van der Waals surface area contributed by atoms with Crippen LogP contribution in [0.4, 0.5) is 0 Å². The molecule has 0 saturated carbocycles. The average Bonchev–Trinajstić information content (AvgIpc) is 2.00. The number of carbonyl (C=O) groups is 2. The molecule has 2 atom stereocenters. The Bertz CT molecular complexity index is 174. The van der Waals surface area contributed by atoms with E-state index in [1.807, 2.05) is 0 Å². The molecule has 0 aliphatic heterocycles. The molecule has 0 rings (SSSR count). The molecule has 0 bridgehead atoms. The monoisotopic (exact) mass is 210 g/mol. The summed E-state index contributed by atoms with van der Waals surface area (Å²) >= 11 is 0. The third kappa shape index (κ3) is 8.87. The number of aliphatic hydroxyl groups excluding tert-OH is 2. The first-order valence-electron chi connectivity index (χ1n) is 3.53. The maximum absolute atomic E-state index is 9.77. The van der Waals surface area contributed by atoms with Crippen LogP contribution in [0.2, 0.25) is 0 Å². The number of rotatable bonds is 3. The number of nitrogens with two attached hydrogens (primary N) is 2. The van der Waals surface area contributed by atoms with Crippen molar-refractivity contribution in [2.24, 2.45) is 11.5 Å². The Kier molecular flexibility index (Phi) is 7.86. The summed E-state index contributed by atoms with van der Waals surface area (Å²) in [6, 6.07) is 0. The maximum atomic E-state index is 9.77. The normalized spacial score (nSPS) is 13.9. The van der Waals surface area contributed by atoms with Crippen molar-refractivity contribution in [1.82, 2.24) is 0 Å². The number of carboxylic acid groups (broad SMARTS) is 2. The van der Waals surface area contributed by atoms with Gasteiger partial charge in [-0.2, -0.15) is 0 Å². The van der Waals surface area contributed by atoms with Crippen LogP contribution in [0.15, 0.2) is 0 Å². The first-order valence-corrected chi connectivity index (χ1v) is 3.53. The third-order valence-electron chi connectivity index (χ3n) is 0.805. The van der Waals surface area contributed by atoms with Crippen molar-refractivity contribution in [3.05, 3.63) is 0 Å². The van der Waals surface area contributed by atoms with Crippen molar-refractivity contribution < 1.29 is 30.0 Å². The zero-order valence-electron chi connectivity index (χ0n) is 7.49. The second kappa shape index (κ2) is 7.21. The molecule has 2 unspecified atom stereocenters. The molecule has 0 aliphatic carbocycles. The van der Waals surface area contributed by atoms with Gasteiger partial charge in [0.1, 0.15) is 0 Å². The molecule has 84 valence electrons. The average molecular weight is 210 g/mol. The van der Waals surface area contributed by atoms with E-state index in [0.717, 1.165) is 0 Å². The number of carboxylic acids is 2. The Balaban J connectivity index is 0. The van der Waals surface area contributed by atoms with Gasteiger partial charge in [-0.25, -0.2) is 9.59 Å². The van der Waals surface area contributed by atoms with Crippen LogP contribution in [-0.4, -0.2) is 50.7 Å². The number of hydrogen-bond acceptors (Lipinski definition) is 6. The number of aliphatic hydroxyl groups is 2. The van der Waals surface area contributed by atoms with Gasteiger partial charge in [0.05, 0.1) is 0 Å². The highest BCUT2D eigenvalue weighted by Crippen LogP contribution is 1.92. The summed E-state index contributed by atoms with van der Waals surface area (Å²) in [5.74, 6) is -3.54. The molecule has 0 aliphatic rings. The fraction of sp³-hybridized carbons (Fsp3) is 0.667. The lowest BCUT2D eigenvalue weighted by Crippen LogP contribution is -2.39. The fourth-order valence-electron chi connectivity index (χ4n) is 0.270. The number of aliphatic carboxylic acids is 2. The van der Waals surface area contributed by atoms with E-state index in [9.17, 15) is 9.59 Å². The van der Waals surface area contributed by atoms with Crippen LogP contribution in [0.5, 0.6) is 0 Å². The van der Waals surface area contributed by atoms with Gasteiger partial charge in [0.25, 0.3) is 0 Å². The molecular formula is C6H14N2O6. The highest BCUT2D eigenvalue weighted by atomic mass is 16.4. The second-order valence-corrected chi connectivity index (χ2v) is 2.43. The zero-order chi connectivity index (χ0) is 11.9. The van der Waals surface area contributed by atoms with Crippen LogP contribution in [0.1, 0.15) is 6.92 Å². The van der Waals surface area contributed by atoms with Crippen molar-refractivity contribution in [3.63, 3.8) is 0 Å². The minimum Gasteiger partial charge on any atom is -0.479 e. The molecule has 8 nitrogen and oxygen atoms in total. The highest BCUT2D eigenvalue weighted by molar-refractivity contribution is 5.82. The van der Waals surface area contributed by atoms with Gasteiger partial charge in [-0.05, 0) is 6.92 Å². The summed E-state index contributed by atoms with van der Waals surface area (Å²) in [5, 5.41) is 32.5. The Morgan fingerprint density at radius 3 is 1.21 bits per heavy atom. The van der Waals surface area contributed by atoms with Gasteiger partial charge in [-0.3, -0.25) is 0 Å². The van der Waals surface area contributed by atoms with Crippen LogP contribution in [0.25, 0.3) is 0 Å². The molecule has 8 N–H and O–H groups in total. The molecule has 0 radical (unpaired) electrons. The lowest BCUT2D eigenvalue weighted by atomic mass is 10.2. The Morgan fingerprint density at radius 2 is 1.14 bits per heavy atom. The summed E-state index contributed by atoms with van der Waals surface area (Å²) in [7, 11) is 0. The molecular weight excluding hydrogens is 196 g/mol. The van der Waals surface area contributed by atoms with Gasteiger partial charge in [-0.1, -0.05) is 0 Å². The minimum atomic E-state index is -2.27. The molecule has 0 aromatic heterocycles. The van der Waals surface area contributed by atoms with E-state index in [2.05, 4.69) is 0 Å². The summed E-state index contributed by atoms with van der Waals surface area (Å²) in [5.41, 5.74) is 9.78. The molecule has 0 heterocycles. The van der Waals surface area contributed by atoms with Crippen molar-refractivity contribution >= 4 is 11.9 Å². The summed E-state index contributed by atoms with van der Waals surface area (Å²) < 4.78 is 0. The van der Waals surface area contributed by atoms with E-state index in [4.69, 9.17) is 31.9 Å². The highest BCUT2D eigenvalue weighted by Gasteiger charge is 2.29. The standard InChI is InChI=1S/C4H6O6.C2H8N2/c5-1(3(7)8)2(6)4(9)10;1-2(3)4/h1-2,5-6H,(H,7,8)(H,9,10);2H,3-4H2,1H3. The van der Waals surface area contributed by atoms with Crippen LogP contribution in [0, 0.1) is 0 Å². The molecule has 0 aromatic carbocycles. The molecule has 14 heavy (non-hydrogen) atoms. The molecule has 0 fully saturated rings. The fourth-order valence-corrected chi connectivity index (χ4v) is 0.270. The van der Waals surface area contributed by atoms with Crippen molar-refractivity contribution in [1.29, 1.82) is 0 Å². The SMILES string of the molecule is CC(N)N.O=C(O)C(O)C(O)C(=O)O. The van der Waals surface area contributed by atoms with E-state index in [1.165, 1.54) is 0 Å². The van der Waals surface area contributed by atoms with E-state index in [-0.39, 0.29) is 6.17 Å². The van der Waals surface area contributed by atoms with E-state index >= 15 is 0 Å². The lowest BCUT2D eigenvalue weighted by molar-refractivity contribution is -0.165. The molecule has 8 heteroatoms. The molecule has 0 amide bonds. The minimum absolute atomic E-state index is 0.167. The van der Waals surface area contributed by atoms with Gasteiger partial charge in [0.2, 0.25) is 0 Å². The predicted octanol–water partition coefficient (Wildman–Crippen LogP) is -2.87. The predicted molar refractivity (Wildman–Crippen MR) is 45.1 cm³/mol. The van der Waals surface area contributed by atoms with Crippen molar-refractivity contribution in [2.45, 2.75) is 25.3 Å². The van der Waals surface area contributed by atoms with Gasteiger partial charge < -0.3 is 31.9 Å². The second-order valence-electron chi connectivity index (χ2n) is 2.43. The lowest BCUT2D eigenvalue weighted by Gasteiger charge is -2.07. The summed E-state index contributed by atoms with van der Waals surface area (Å²) in [6.45, 7) is 1.72. The van der Waals surface area contributed by atoms with E-state index in [0.29, 0.717) is 0 Å². The van der Waals surface area contributed by atoms with Crippen LogP contribution in [0.3, 0.4) is 0 Å². The zero-order valence-corrected chi connectivity index (χ0v) is 7.49. The van der Waals surface area contributed by atoms with Crippen LogP contribution >= 0.6 is 0 Å². The van der Waals surface area contributed by atoms with E-state index in [1.54, 1.807) is 6.92 Å². The Morgan fingerprint density at radius 1 is 1.00 bits per heavy atom. The van der Waals surface area contributed by atoms with Gasteiger partial charge in [-0.15, -0.1) is 0 Å². The third-order valence-corrected chi connectivity index (χ3v) is 0.805. The van der Waals surface area contributed by atoms with Gasteiger partial charge >= 0.3 is 11.9 Å². The summed E-state index contributed by atoms with van der Waals surface area (Å²) in [4.78, 5) is 19.5. The quantitative estimate of drug-likeness (QED) is 0.270. The Labute approximate surface area is 79.7 Å². The maximum Gasteiger partial charge on any atom is 0.335 e. The number of hydrogen-bond donors (Lipinski definition) is 6. The van der Waals surface area contributed by atoms with E-state index < -0.39 is 24.1 Å².